The van der Waals surface area contributed by atoms with Crippen LogP contribution in [0.2, 0.25) is 5.15 Å². The average molecular weight is 459 g/mol. The number of imidazole rings is 1. The van der Waals surface area contributed by atoms with Crippen LogP contribution >= 0.6 is 11.6 Å². The fourth-order valence-electron chi connectivity index (χ4n) is 4.30. The molecule has 2 aromatic heterocycles. The molecule has 2 fully saturated rings. The van der Waals surface area contributed by atoms with Crippen LogP contribution in [-0.2, 0) is 16.0 Å². The van der Waals surface area contributed by atoms with Crippen LogP contribution in [0.1, 0.15) is 41.2 Å². The molecule has 1 unspecified atom stereocenters. The largest absolute Gasteiger partial charge is 0.446 e. The van der Waals surface area contributed by atoms with E-state index in [-0.39, 0.29) is 18.4 Å². The van der Waals surface area contributed by atoms with Gasteiger partial charge < -0.3 is 14.0 Å². The molecular formula is C23H24ClFN4O3. The standard InChI is InChI=1S/C23H24ClFN4O3/c24-20-3-1-2-18(27-20)15-6-9-28(10-7-15)14-32-23(30)17-4-5-19-22(21(17)25)29(13-26-19)12-16-8-11-31-16/h1-5,13,15-16H,6-12,14H2. The van der Waals surface area contributed by atoms with E-state index in [1.165, 1.54) is 6.07 Å². The molecule has 0 bridgehead atoms. The summed E-state index contributed by atoms with van der Waals surface area (Å²) in [5, 5.41) is 0.499. The average Bonchev–Trinajstić information content (AvgIpc) is 3.19. The lowest BCUT2D eigenvalue weighted by Crippen LogP contribution is -2.35. The molecule has 1 atom stereocenters. The van der Waals surface area contributed by atoms with Gasteiger partial charge in [-0.3, -0.25) is 4.90 Å². The van der Waals surface area contributed by atoms with Gasteiger partial charge in [-0.1, -0.05) is 17.7 Å². The summed E-state index contributed by atoms with van der Waals surface area (Å²) in [5.74, 6) is -0.939. The molecule has 5 rings (SSSR count). The van der Waals surface area contributed by atoms with E-state index in [9.17, 15) is 4.79 Å². The lowest BCUT2D eigenvalue weighted by Gasteiger charge is -2.31. The number of esters is 1. The Morgan fingerprint density at radius 3 is 2.75 bits per heavy atom. The normalized spacial score (nSPS) is 19.8. The van der Waals surface area contributed by atoms with Crippen molar-refractivity contribution >= 4 is 28.6 Å². The SMILES string of the molecule is O=C(OCN1CCC(c2cccc(Cl)n2)CC1)c1ccc2ncn(CC3CCO3)c2c1F. The van der Waals surface area contributed by atoms with Crippen LogP contribution in [0.25, 0.3) is 11.0 Å². The highest BCUT2D eigenvalue weighted by Gasteiger charge is 2.25. The molecule has 0 spiro atoms. The number of pyridine rings is 1. The van der Waals surface area contributed by atoms with Crippen molar-refractivity contribution in [2.45, 2.75) is 37.8 Å². The second-order valence-corrected chi connectivity index (χ2v) is 8.70. The number of piperidine rings is 1. The quantitative estimate of drug-likeness (QED) is 0.410. The van der Waals surface area contributed by atoms with E-state index in [1.807, 2.05) is 17.0 Å². The molecule has 4 heterocycles. The molecule has 7 nitrogen and oxygen atoms in total. The molecule has 0 saturated carbocycles. The van der Waals surface area contributed by atoms with Crippen LogP contribution in [0.5, 0.6) is 0 Å². The third-order valence-corrected chi connectivity index (χ3v) is 6.46. The van der Waals surface area contributed by atoms with Crippen LogP contribution in [0.15, 0.2) is 36.7 Å². The van der Waals surface area contributed by atoms with Crippen LogP contribution in [0.3, 0.4) is 0 Å². The number of fused-ring (bicyclic) bond motifs is 1. The number of nitrogens with zero attached hydrogens (tertiary/aromatic N) is 4. The summed E-state index contributed by atoms with van der Waals surface area (Å²) in [4.78, 5) is 23.3. The molecule has 0 N–H and O–H groups in total. The summed E-state index contributed by atoms with van der Waals surface area (Å²) < 4.78 is 27.8. The minimum atomic E-state index is -0.671. The molecule has 2 aliphatic heterocycles. The molecular weight excluding hydrogens is 435 g/mol. The third-order valence-electron chi connectivity index (χ3n) is 6.25. The van der Waals surface area contributed by atoms with Crippen molar-refractivity contribution in [1.82, 2.24) is 19.4 Å². The van der Waals surface area contributed by atoms with E-state index < -0.39 is 11.8 Å². The Morgan fingerprint density at radius 2 is 2.03 bits per heavy atom. The van der Waals surface area contributed by atoms with Gasteiger partial charge in [0.25, 0.3) is 0 Å². The first-order valence-corrected chi connectivity index (χ1v) is 11.2. The van der Waals surface area contributed by atoms with Crippen LogP contribution in [0.4, 0.5) is 4.39 Å². The molecule has 32 heavy (non-hydrogen) atoms. The van der Waals surface area contributed by atoms with Gasteiger partial charge in [0.05, 0.1) is 30.1 Å². The predicted molar refractivity (Wildman–Crippen MR) is 117 cm³/mol. The van der Waals surface area contributed by atoms with E-state index >= 15 is 4.39 Å². The number of likely N-dealkylation sites (tertiary alicyclic amines) is 1. The number of halogens is 2. The minimum absolute atomic E-state index is 0.0625. The van der Waals surface area contributed by atoms with Gasteiger partial charge in [0.15, 0.2) is 5.82 Å². The zero-order valence-electron chi connectivity index (χ0n) is 17.5. The maximum absolute atomic E-state index is 15.2. The molecule has 2 aliphatic rings. The lowest BCUT2D eigenvalue weighted by molar-refractivity contribution is -0.0587. The maximum Gasteiger partial charge on any atom is 0.342 e. The van der Waals surface area contributed by atoms with E-state index in [0.29, 0.717) is 28.6 Å². The van der Waals surface area contributed by atoms with E-state index in [4.69, 9.17) is 21.1 Å². The summed E-state index contributed by atoms with van der Waals surface area (Å²) in [7, 11) is 0. The Kier molecular flexibility index (Phi) is 6.08. The Bertz CT molecular complexity index is 1130. The Morgan fingerprint density at radius 1 is 1.22 bits per heavy atom. The van der Waals surface area contributed by atoms with Crippen molar-refractivity contribution in [2.75, 3.05) is 26.4 Å². The smallest absolute Gasteiger partial charge is 0.342 e. The van der Waals surface area contributed by atoms with Gasteiger partial charge in [-0.2, -0.15) is 0 Å². The van der Waals surface area contributed by atoms with Crippen LogP contribution < -0.4 is 0 Å². The second kappa shape index (κ2) is 9.13. The summed E-state index contributed by atoms with van der Waals surface area (Å²) in [6.07, 6.45) is 4.38. The van der Waals surface area contributed by atoms with Gasteiger partial charge in [0, 0.05) is 31.3 Å². The van der Waals surface area contributed by atoms with E-state index in [1.54, 1.807) is 23.0 Å². The maximum atomic E-state index is 15.2. The molecule has 2 saturated heterocycles. The number of benzene rings is 1. The molecule has 168 valence electrons. The zero-order chi connectivity index (χ0) is 22.1. The van der Waals surface area contributed by atoms with Crippen molar-refractivity contribution in [3.63, 3.8) is 0 Å². The van der Waals surface area contributed by atoms with Gasteiger partial charge in [-0.15, -0.1) is 0 Å². The molecule has 1 aromatic carbocycles. The molecule has 0 radical (unpaired) electrons. The highest BCUT2D eigenvalue weighted by atomic mass is 35.5. The lowest BCUT2D eigenvalue weighted by atomic mass is 9.93. The van der Waals surface area contributed by atoms with E-state index in [0.717, 1.165) is 44.7 Å². The van der Waals surface area contributed by atoms with Crippen molar-refractivity contribution in [3.8, 4) is 0 Å². The monoisotopic (exact) mass is 458 g/mol. The number of ether oxygens (including phenoxy) is 2. The van der Waals surface area contributed by atoms with Crippen LogP contribution in [-0.4, -0.2) is 57.9 Å². The zero-order valence-corrected chi connectivity index (χ0v) is 18.3. The minimum Gasteiger partial charge on any atom is -0.446 e. The fraction of sp³-hybridized carbons (Fsp3) is 0.435. The fourth-order valence-corrected chi connectivity index (χ4v) is 4.47. The van der Waals surface area contributed by atoms with Gasteiger partial charge in [-0.05, 0) is 43.5 Å². The van der Waals surface area contributed by atoms with Crippen molar-refractivity contribution in [3.05, 3.63) is 58.9 Å². The molecule has 0 amide bonds. The highest BCUT2D eigenvalue weighted by molar-refractivity contribution is 6.29. The first-order valence-electron chi connectivity index (χ1n) is 10.9. The highest BCUT2D eigenvalue weighted by Crippen LogP contribution is 2.28. The second-order valence-electron chi connectivity index (χ2n) is 8.31. The Hall–Kier alpha value is -2.55. The third kappa shape index (κ3) is 4.35. The van der Waals surface area contributed by atoms with Gasteiger partial charge in [0.2, 0.25) is 0 Å². The molecule has 9 heteroatoms. The predicted octanol–water partition coefficient (Wildman–Crippen LogP) is 4.01. The van der Waals surface area contributed by atoms with Crippen molar-refractivity contribution in [1.29, 1.82) is 0 Å². The number of hydrogen-bond donors (Lipinski definition) is 0. The first kappa shape index (κ1) is 21.3. The van der Waals surface area contributed by atoms with Gasteiger partial charge in [0.1, 0.15) is 17.4 Å². The summed E-state index contributed by atoms with van der Waals surface area (Å²) in [6.45, 7) is 2.90. The number of carbonyl (C=O) groups excluding carboxylic acids is 1. The summed E-state index contributed by atoms with van der Waals surface area (Å²) in [6, 6.07) is 8.76. The summed E-state index contributed by atoms with van der Waals surface area (Å²) in [5.41, 5.74) is 1.74. The first-order chi connectivity index (χ1) is 15.6. The van der Waals surface area contributed by atoms with Crippen molar-refractivity contribution < 1.29 is 18.7 Å². The summed E-state index contributed by atoms with van der Waals surface area (Å²) >= 11 is 6.00. The van der Waals surface area contributed by atoms with E-state index in [2.05, 4.69) is 9.97 Å². The molecule has 0 aliphatic carbocycles. The Labute approximate surface area is 190 Å². The number of rotatable bonds is 6. The van der Waals surface area contributed by atoms with Crippen molar-refractivity contribution in [2.24, 2.45) is 0 Å². The topological polar surface area (TPSA) is 69.5 Å². The number of hydrogen-bond acceptors (Lipinski definition) is 6. The number of aromatic nitrogens is 3. The van der Waals surface area contributed by atoms with Crippen LogP contribution in [0, 0.1) is 5.82 Å². The Balaban J connectivity index is 1.20. The number of carbonyl (C=O) groups is 1. The molecule has 3 aromatic rings. The van der Waals surface area contributed by atoms with Gasteiger partial charge in [-0.25, -0.2) is 19.2 Å². The van der Waals surface area contributed by atoms with Gasteiger partial charge >= 0.3 is 5.97 Å².